The lowest BCUT2D eigenvalue weighted by Crippen LogP contribution is -2.09. The lowest BCUT2D eigenvalue weighted by Gasteiger charge is -2.10. The summed E-state index contributed by atoms with van der Waals surface area (Å²) < 4.78 is 19.0. The fraction of sp³-hybridized carbons (Fsp3) is 0.217. The fourth-order valence-corrected chi connectivity index (χ4v) is 3.00. The first kappa shape index (κ1) is 20.3. The van der Waals surface area contributed by atoms with Crippen LogP contribution < -0.4 is 4.74 Å². The Hall–Kier alpha value is -3.41. The van der Waals surface area contributed by atoms with E-state index in [1.54, 1.807) is 25.4 Å². The Morgan fingerprint density at radius 2 is 1.79 bits per heavy atom. The van der Waals surface area contributed by atoms with Crippen LogP contribution in [0.1, 0.15) is 46.6 Å². The molecule has 0 saturated heterocycles. The summed E-state index contributed by atoms with van der Waals surface area (Å²) in [6.45, 7) is 6.00. The van der Waals surface area contributed by atoms with Gasteiger partial charge in [0.25, 0.3) is 0 Å². The molecule has 3 heterocycles. The Balaban J connectivity index is 1.76. The van der Waals surface area contributed by atoms with Crippen LogP contribution in [-0.4, -0.2) is 27.3 Å². The molecule has 0 aliphatic carbocycles. The van der Waals surface area contributed by atoms with Crippen molar-refractivity contribution in [3.8, 4) is 5.88 Å². The van der Waals surface area contributed by atoms with Crippen molar-refractivity contribution in [2.75, 3.05) is 6.61 Å². The van der Waals surface area contributed by atoms with Crippen molar-refractivity contribution in [2.45, 2.75) is 27.2 Å². The minimum Gasteiger partial charge on any atom is -0.478 e. The summed E-state index contributed by atoms with van der Waals surface area (Å²) in [5, 5.41) is 0. The Morgan fingerprint density at radius 3 is 2.38 bits per heavy atom. The smallest absolute Gasteiger partial charge is 0.213 e. The van der Waals surface area contributed by atoms with Gasteiger partial charge in [0.1, 0.15) is 5.82 Å². The van der Waals surface area contributed by atoms with Crippen LogP contribution in [0.4, 0.5) is 4.39 Å². The summed E-state index contributed by atoms with van der Waals surface area (Å²) in [6, 6.07) is 7.50. The third kappa shape index (κ3) is 4.71. The highest BCUT2D eigenvalue weighted by Crippen LogP contribution is 2.24. The molecule has 0 bridgehead atoms. The summed E-state index contributed by atoms with van der Waals surface area (Å²) in [6.07, 6.45) is 8.06. The topological polar surface area (TPSA) is 65.0 Å². The first-order valence-electron chi connectivity index (χ1n) is 9.37. The number of hydrogen-bond donors (Lipinski definition) is 0. The van der Waals surface area contributed by atoms with E-state index in [9.17, 15) is 9.18 Å². The molecule has 0 radical (unpaired) electrons. The number of rotatable bonds is 7. The summed E-state index contributed by atoms with van der Waals surface area (Å²) in [5.41, 5.74) is 4.05. The normalized spacial score (nSPS) is 11.4. The summed E-state index contributed by atoms with van der Waals surface area (Å²) in [7, 11) is 0. The second-order valence-electron chi connectivity index (χ2n) is 6.45. The van der Waals surface area contributed by atoms with Crippen LogP contribution in [0, 0.1) is 12.7 Å². The zero-order chi connectivity index (χ0) is 20.8. The van der Waals surface area contributed by atoms with Gasteiger partial charge in [-0.05, 0) is 44.0 Å². The van der Waals surface area contributed by atoms with E-state index in [4.69, 9.17) is 4.74 Å². The van der Waals surface area contributed by atoms with Gasteiger partial charge in [0.2, 0.25) is 5.88 Å². The van der Waals surface area contributed by atoms with E-state index < -0.39 is 5.82 Å². The van der Waals surface area contributed by atoms with Crippen LogP contribution in [0.25, 0.3) is 5.57 Å². The zero-order valence-corrected chi connectivity index (χ0v) is 16.6. The quantitative estimate of drug-likeness (QED) is 0.551. The molecule has 0 amide bonds. The van der Waals surface area contributed by atoms with Crippen LogP contribution in [0.3, 0.4) is 0 Å². The molecular formula is C23H22FN3O2. The average Bonchev–Trinajstić information content (AvgIpc) is 2.73. The number of nitrogens with zero attached hydrogens (tertiary/aromatic N) is 3. The Labute approximate surface area is 169 Å². The van der Waals surface area contributed by atoms with Crippen LogP contribution in [0.15, 0.2) is 55.1 Å². The Morgan fingerprint density at radius 1 is 1.07 bits per heavy atom. The highest BCUT2D eigenvalue weighted by molar-refractivity contribution is 5.98. The number of ketones is 1. The van der Waals surface area contributed by atoms with Gasteiger partial charge in [0.05, 0.1) is 19.2 Å². The summed E-state index contributed by atoms with van der Waals surface area (Å²) in [5.74, 6) is -0.113. The molecule has 0 aliphatic heterocycles. The van der Waals surface area contributed by atoms with E-state index in [1.165, 1.54) is 6.20 Å². The van der Waals surface area contributed by atoms with E-state index in [0.29, 0.717) is 23.7 Å². The van der Waals surface area contributed by atoms with E-state index >= 15 is 0 Å². The maximum Gasteiger partial charge on any atom is 0.213 e. The Kier molecular flexibility index (Phi) is 6.44. The van der Waals surface area contributed by atoms with Gasteiger partial charge in [-0.1, -0.05) is 12.1 Å². The SMILES string of the molecule is C/C=C(\c1ccc(CC(=O)c2cncc(F)c2C)nc1)c1ccc(OCC)nc1. The summed E-state index contributed by atoms with van der Waals surface area (Å²) >= 11 is 0. The predicted molar refractivity (Wildman–Crippen MR) is 109 cm³/mol. The maximum atomic E-state index is 13.6. The van der Waals surface area contributed by atoms with Crippen molar-refractivity contribution < 1.29 is 13.9 Å². The number of allylic oxidation sites excluding steroid dienone is 1. The summed E-state index contributed by atoms with van der Waals surface area (Å²) in [4.78, 5) is 25.0. The molecule has 3 aromatic heterocycles. The number of halogens is 1. The van der Waals surface area contributed by atoms with Gasteiger partial charge >= 0.3 is 0 Å². The minimum absolute atomic E-state index is 0.0854. The van der Waals surface area contributed by atoms with Gasteiger partial charge in [0.15, 0.2) is 5.78 Å². The molecule has 6 heteroatoms. The molecule has 0 fully saturated rings. The van der Waals surface area contributed by atoms with E-state index in [0.717, 1.165) is 22.9 Å². The number of Topliss-reactive ketones (excluding diaryl/α,β-unsaturated/α-hetero) is 1. The third-order valence-electron chi connectivity index (χ3n) is 4.56. The van der Waals surface area contributed by atoms with E-state index in [-0.39, 0.29) is 17.8 Å². The van der Waals surface area contributed by atoms with Crippen molar-refractivity contribution in [1.29, 1.82) is 0 Å². The molecule has 3 rings (SSSR count). The van der Waals surface area contributed by atoms with Gasteiger partial charge < -0.3 is 4.74 Å². The third-order valence-corrected chi connectivity index (χ3v) is 4.56. The second kappa shape index (κ2) is 9.19. The van der Waals surface area contributed by atoms with Gasteiger partial charge in [-0.3, -0.25) is 14.8 Å². The molecule has 29 heavy (non-hydrogen) atoms. The molecule has 0 atom stereocenters. The van der Waals surface area contributed by atoms with Gasteiger partial charge in [-0.2, -0.15) is 0 Å². The van der Waals surface area contributed by atoms with Gasteiger partial charge in [-0.15, -0.1) is 0 Å². The van der Waals surface area contributed by atoms with Crippen LogP contribution in [-0.2, 0) is 6.42 Å². The van der Waals surface area contributed by atoms with E-state index in [1.807, 2.05) is 38.1 Å². The second-order valence-corrected chi connectivity index (χ2v) is 6.45. The largest absolute Gasteiger partial charge is 0.478 e. The van der Waals surface area contributed by atoms with Gasteiger partial charge in [0, 0.05) is 47.0 Å². The number of pyridine rings is 3. The monoisotopic (exact) mass is 391 g/mol. The molecule has 148 valence electrons. The highest BCUT2D eigenvalue weighted by Gasteiger charge is 2.14. The molecule has 0 spiro atoms. The average molecular weight is 391 g/mol. The minimum atomic E-state index is -0.485. The number of ether oxygens (including phenoxy) is 1. The first-order valence-corrected chi connectivity index (χ1v) is 9.37. The zero-order valence-electron chi connectivity index (χ0n) is 16.6. The van der Waals surface area contributed by atoms with E-state index in [2.05, 4.69) is 15.0 Å². The molecule has 0 aliphatic rings. The standard InChI is InChI=1S/C23H22FN3O2/c1-4-19(17-7-9-23(27-12-17)29-5-2)16-6-8-18(26-11-16)10-22(28)20-13-25-14-21(24)15(20)3/h4,6-9,11-14H,5,10H2,1-3H3/b19-4+. The van der Waals surface area contributed by atoms with Gasteiger partial charge in [-0.25, -0.2) is 9.37 Å². The number of carbonyl (C=O) groups is 1. The fourth-order valence-electron chi connectivity index (χ4n) is 3.00. The first-order chi connectivity index (χ1) is 14.0. The molecule has 5 nitrogen and oxygen atoms in total. The van der Waals surface area contributed by atoms with Crippen molar-refractivity contribution in [3.05, 3.63) is 88.9 Å². The van der Waals surface area contributed by atoms with Crippen LogP contribution >= 0.6 is 0 Å². The molecule has 0 aromatic carbocycles. The molecular weight excluding hydrogens is 369 g/mol. The lowest BCUT2D eigenvalue weighted by atomic mass is 9.99. The Bertz CT molecular complexity index is 1030. The van der Waals surface area contributed by atoms with Crippen molar-refractivity contribution in [1.82, 2.24) is 15.0 Å². The lowest BCUT2D eigenvalue weighted by molar-refractivity contribution is 0.0990. The number of aromatic nitrogens is 3. The highest BCUT2D eigenvalue weighted by atomic mass is 19.1. The molecule has 0 saturated carbocycles. The maximum absolute atomic E-state index is 13.6. The molecule has 0 N–H and O–H groups in total. The van der Waals surface area contributed by atoms with Crippen LogP contribution in [0.5, 0.6) is 5.88 Å². The van der Waals surface area contributed by atoms with Crippen molar-refractivity contribution in [3.63, 3.8) is 0 Å². The molecule has 3 aromatic rings. The van der Waals surface area contributed by atoms with Crippen molar-refractivity contribution in [2.24, 2.45) is 0 Å². The number of carbonyl (C=O) groups excluding carboxylic acids is 1. The van der Waals surface area contributed by atoms with Crippen LogP contribution in [0.2, 0.25) is 0 Å². The number of hydrogen-bond acceptors (Lipinski definition) is 5. The molecule has 0 unspecified atom stereocenters. The predicted octanol–water partition coefficient (Wildman–Crippen LogP) is 4.59. The van der Waals surface area contributed by atoms with Crippen molar-refractivity contribution >= 4 is 11.4 Å².